The molecule has 1 aliphatic rings. The predicted molar refractivity (Wildman–Crippen MR) is 81.2 cm³/mol. The Bertz CT molecular complexity index is 675. The van der Waals surface area contributed by atoms with E-state index in [0.29, 0.717) is 5.02 Å². The third kappa shape index (κ3) is 2.52. The number of benzene rings is 2. The van der Waals surface area contributed by atoms with Gasteiger partial charge in [0.15, 0.2) is 11.5 Å². The predicted octanol–water partition coefficient (Wildman–Crippen LogP) is 2.93. The van der Waals surface area contributed by atoms with Gasteiger partial charge in [-0.2, -0.15) is 0 Å². The highest BCUT2D eigenvalue weighted by Crippen LogP contribution is 2.42. The minimum atomic E-state index is -0.128. The van der Waals surface area contributed by atoms with Gasteiger partial charge in [-0.1, -0.05) is 29.8 Å². The van der Waals surface area contributed by atoms with E-state index < -0.39 is 0 Å². The van der Waals surface area contributed by atoms with Gasteiger partial charge < -0.3 is 20.6 Å². The van der Waals surface area contributed by atoms with Crippen LogP contribution >= 0.6 is 11.6 Å². The maximum atomic E-state index is 9.77. The third-order valence-electron chi connectivity index (χ3n) is 4.05. The van der Waals surface area contributed by atoms with E-state index in [1.807, 2.05) is 6.07 Å². The summed E-state index contributed by atoms with van der Waals surface area (Å²) in [5.41, 5.74) is 1.82. The van der Waals surface area contributed by atoms with Crippen molar-refractivity contribution in [3.05, 3.63) is 52.5 Å². The molecular formula is C16H16ClNO3. The highest BCUT2D eigenvalue weighted by molar-refractivity contribution is 6.32. The van der Waals surface area contributed by atoms with Crippen LogP contribution in [0.3, 0.4) is 0 Å². The van der Waals surface area contributed by atoms with Crippen molar-refractivity contribution in [1.82, 2.24) is 5.32 Å². The molecule has 1 saturated heterocycles. The first-order valence-electron chi connectivity index (χ1n) is 6.78. The molecule has 1 heterocycles. The number of halogens is 1. The van der Waals surface area contributed by atoms with Crippen LogP contribution in [0.5, 0.6) is 17.2 Å². The summed E-state index contributed by atoms with van der Waals surface area (Å²) in [5.74, 6) is 0.0505. The first-order chi connectivity index (χ1) is 10.1. The van der Waals surface area contributed by atoms with E-state index in [1.165, 1.54) is 6.07 Å². The lowest BCUT2D eigenvalue weighted by atomic mass is 9.84. The van der Waals surface area contributed by atoms with Gasteiger partial charge in [0, 0.05) is 24.9 Å². The summed E-state index contributed by atoms with van der Waals surface area (Å²) in [6.45, 7) is 1.50. The number of phenols is 3. The van der Waals surface area contributed by atoms with Gasteiger partial charge in [-0.25, -0.2) is 0 Å². The van der Waals surface area contributed by atoms with Crippen LogP contribution in [0.15, 0.2) is 36.4 Å². The van der Waals surface area contributed by atoms with Crippen LogP contribution in [0, 0.1) is 0 Å². The van der Waals surface area contributed by atoms with Gasteiger partial charge in [-0.05, 0) is 29.3 Å². The molecule has 0 radical (unpaired) electrons. The van der Waals surface area contributed by atoms with Crippen LogP contribution in [-0.2, 0) is 0 Å². The fourth-order valence-corrected chi connectivity index (χ4v) is 3.22. The van der Waals surface area contributed by atoms with Gasteiger partial charge in [0.05, 0.1) is 5.02 Å². The minimum absolute atomic E-state index is 0.0772. The molecule has 21 heavy (non-hydrogen) atoms. The highest BCUT2D eigenvalue weighted by Gasteiger charge is 2.32. The Balaban J connectivity index is 1.99. The maximum Gasteiger partial charge on any atom is 0.157 e. The number of nitrogens with one attached hydrogen (secondary N) is 1. The summed E-state index contributed by atoms with van der Waals surface area (Å²) < 4.78 is 0. The molecule has 2 unspecified atom stereocenters. The van der Waals surface area contributed by atoms with E-state index in [-0.39, 0.29) is 29.1 Å². The van der Waals surface area contributed by atoms with Crippen LogP contribution in [0.4, 0.5) is 0 Å². The Kier molecular flexibility index (Phi) is 3.66. The molecule has 0 spiro atoms. The molecule has 5 heteroatoms. The van der Waals surface area contributed by atoms with Crippen LogP contribution < -0.4 is 5.32 Å². The second-order valence-corrected chi connectivity index (χ2v) is 5.68. The molecule has 0 saturated carbocycles. The lowest BCUT2D eigenvalue weighted by Gasteiger charge is -2.21. The molecule has 3 rings (SSSR count). The SMILES string of the molecule is Oc1ccc(C2CNCC2c2cccc(O)c2Cl)cc1O. The average Bonchev–Trinajstić information content (AvgIpc) is 2.94. The third-order valence-corrected chi connectivity index (χ3v) is 4.46. The fourth-order valence-electron chi connectivity index (χ4n) is 2.95. The van der Waals surface area contributed by atoms with Crippen molar-refractivity contribution in [2.45, 2.75) is 11.8 Å². The van der Waals surface area contributed by atoms with Crippen molar-refractivity contribution in [1.29, 1.82) is 0 Å². The summed E-state index contributed by atoms with van der Waals surface area (Å²) in [4.78, 5) is 0. The second-order valence-electron chi connectivity index (χ2n) is 5.30. The van der Waals surface area contributed by atoms with E-state index in [0.717, 1.165) is 24.2 Å². The molecule has 2 aromatic rings. The summed E-state index contributed by atoms with van der Waals surface area (Å²) >= 11 is 6.22. The van der Waals surface area contributed by atoms with Gasteiger partial charge >= 0.3 is 0 Å². The van der Waals surface area contributed by atoms with Crippen LogP contribution in [0.1, 0.15) is 23.0 Å². The molecule has 1 aliphatic heterocycles. The van der Waals surface area contributed by atoms with E-state index in [1.54, 1.807) is 24.3 Å². The molecule has 4 N–H and O–H groups in total. The largest absolute Gasteiger partial charge is 0.506 e. The smallest absolute Gasteiger partial charge is 0.157 e. The first kappa shape index (κ1) is 14.0. The molecule has 2 aromatic carbocycles. The van der Waals surface area contributed by atoms with Gasteiger partial charge in [0.25, 0.3) is 0 Å². The maximum absolute atomic E-state index is 9.77. The summed E-state index contributed by atoms with van der Waals surface area (Å²) in [5, 5.41) is 32.6. The fraction of sp³-hybridized carbons (Fsp3) is 0.250. The molecule has 4 nitrogen and oxygen atoms in total. The van der Waals surface area contributed by atoms with E-state index in [9.17, 15) is 15.3 Å². The Morgan fingerprint density at radius 1 is 0.905 bits per heavy atom. The summed E-state index contributed by atoms with van der Waals surface area (Å²) in [7, 11) is 0. The standard InChI is InChI=1S/C16H16ClNO3/c17-16-10(2-1-3-14(16)20)12-8-18-7-11(12)9-4-5-13(19)15(21)6-9/h1-6,11-12,18-21H,7-8H2. The lowest BCUT2D eigenvalue weighted by Crippen LogP contribution is -2.09. The number of phenolic OH excluding ortho intramolecular Hbond substituents is 3. The summed E-state index contributed by atoms with van der Waals surface area (Å²) in [6, 6.07) is 10.1. The number of rotatable bonds is 2. The molecule has 1 fully saturated rings. The van der Waals surface area contributed by atoms with Gasteiger partial charge in [-0.3, -0.25) is 0 Å². The first-order valence-corrected chi connectivity index (χ1v) is 7.15. The number of hydrogen-bond acceptors (Lipinski definition) is 4. The zero-order valence-corrected chi connectivity index (χ0v) is 12.0. The van der Waals surface area contributed by atoms with Crippen molar-refractivity contribution < 1.29 is 15.3 Å². The topological polar surface area (TPSA) is 72.7 Å². The van der Waals surface area contributed by atoms with E-state index in [2.05, 4.69) is 5.32 Å². The number of aromatic hydroxyl groups is 3. The minimum Gasteiger partial charge on any atom is -0.506 e. The van der Waals surface area contributed by atoms with E-state index >= 15 is 0 Å². The van der Waals surface area contributed by atoms with Crippen molar-refractivity contribution in [2.75, 3.05) is 13.1 Å². The number of hydrogen-bond donors (Lipinski definition) is 4. The van der Waals surface area contributed by atoms with Gasteiger partial charge in [0.2, 0.25) is 0 Å². The average molecular weight is 306 g/mol. The Morgan fingerprint density at radius 2 is 1.67 bits per heavy atom. The monoisotopic (exact) mass is 305 g/mol. The van der Waals surface area contributed by atoms with Crippen LogP contribution in [0.25, 0.3) is 0 Å². The van der Waals surface area contributed by atoms with Crippen molar-refractivity contribution >= 4 is 11.6 Å². The molecule has 110 valence electrons. The summed E-state index contributed by atoms with van der Waals surface area (Å²) in [6.07, 6.45) is 0. The Morgan fingerprint density at radius 3 is 2.43 bits per heavy atom. The second kappa shape index (κ2) is 5.47. The van der Waals surface area contributed by atoms with Gasteiger partial charge in [-0.15, -0.1) is 0 Å². The quantitative estimate of drug-likeness (QED) is 0.644. The zero-order chi connectivity index (χ0) is 15.0. The van der Waals surface area contributed by atoms with Crippen LogP contribution in [-0.4, -0.2) is 28.4 Å². The van der Waals surface area contributed by atoms with Crippen LogP contribution in [0.2, 0.25) is 5.02 Å². The van der Waals surface area contributed by atoms with E-state index in [4.69, 9.17) is 11.6 Å². The Labute approximate surface area is 127 Å². The molecule has 0 amide bonds. The molecule has 2 atom stereocenters. The molecule has 0 aromatic heterocycles. The Hall–Kier alpha value is -1.91. The zero-order valence-electron chi connectivity index (χ0n) is 11.3. The molecular weight excluding hydrogens is 290 g/mol. The molecule has 0 bridgehead atoms. The highest BCUT2D eigenvalue weighted by atomic mass is 35.5. The van der Waals surface area contributed by atoms with Gasteiger partial charge in [0.1, 0.15) is 5.75 Å². The lowest BCUT2D eigenvalue weighted by molar-refractivity contribution is 0.402. The van der Waals surface area contributed by atoms with Crippen molar-refractivity contribution in [3.63, 3.8) is 0 Å². The van der Waals surface area contributed by atoms with Crippen molar-refractivity contribution in [2.24, 2.45) is 0 Å². The normalized spacial score (nSPS) is 21.6. The van der Waals surface area contributed by atoms with Crippen molar-refractivity contribution in [3.8, 4) is 17.2 Å². The molecule has 0 aliphatic carbocycles.